The largest absolute Gasteiger partial charge is 0.393 e. The third-order valence-electron chi connectivity index (χ3n) is 13.3. The summed E-state index contributed by atoms with van der Waals surface area (Å²) < 4.78 is 0. The lowest BCUT2D eigenvalue weighted by Crippen LogP contribution is -2.52. The molecule has 0 aliphatic heterocycles. The van der Waals surface area contributed by atoms with Gasteiger partial charge in [0.25, 0.3) is 11.4 Å². The average Bonchev–Trinajstić information content (AvgIpc) is 3.50. The number of rotatable bonds is 16. The standard InChI is InChI=1S/C39H54N8O9/c1-24(2)7-6-8-25(3)30-11-12-31-29(17-20-40-41-33-13-9-26(44(49)50)21-35(33)46(53)54)32(16-19-38(30,31)4)39(5)18-15-28(48)23-37(39)43-42-34-14-10-27(45(51)52)22-36(34)47(55)56/h9-10,13-14,20-22,24-25,28-32,41-42,48H,6-8,11-12,15-19,23H2,1-5H3/b40-20+,43-37+/t25-,28+,29?,30?,31?,32?,38-,39-/m1/s1. The molecule has 0 aromatic heterocycles. The van der Waals surface area contributed by atoms with E-state index in [1.807, 2.05) is 0 Å². The van der Waals surface area contributed by atoms with Crippen LogP contribution in [0.3, 0.4) is 0 Å². The van der Waals surface area contributed by atoms with Gasteiger partial charge in [0.15, 0.2) is 0 Å². The molecular weight excluding hydrogens is 724 g/mol. The minimum absolute atomic E-state index is 0.00640. The molecule has 3 N–H and O–H groups in total. The summed E-state index contributed by atoms with van der Waals surface area (Å²) in [7, 11) is 0. The fourth-order valence-corrected chi connectivity index (χ4v) is 10.3. The van der Waals surface area contributed by atoms with Crippen molar-refractivity contribution in [2.45, 2.75) is 111 Å². The number of nitrogens with one attached hydrogen (secondary N) is 2. The Hall–Kier alpha value is -5.06. The quantitative estimate of drug-likeness (QED) is 0.0822. The number of aliphatic hydroxyl groups is 1. The van der Waals surface area contributed by atoms with E-state index in [0.29, 0.717) is 48.6 Å². The number of hydrogen-bond acceptors (Lipinski definition) is 13. The summed E-state index contributed by atoms with van der Waals surface area (Å²) in [6, 6.07) is 6.71. The van der Waals surface area contributed by atoms with Crippen LogP contribution < -0.4 is 10.9 Å². The highest BCUT2D eigenvalue weighted by Crippen LogP contribution is 2.65. The van der Waals surface area contributed by atoms with Gasteiger partial charge >= 0.3 is 11.4 Å². The van der Waals surface area contributed by atoms with E-state index in [-0.39, 0.29) is 35.0 Å². The molecule has 0 heterocycles. The predicted molar refractivity (Wildman–Crippen MR) is 214 cm³/mol. The number of hydrazone groups is 2. The third-order valence-corrected chi connectivity index (χ3v) is 13.3. The molecule has 8 atom stereocenters. The van der Waals surface area contributed by atoms with Crippen molar-refractivity contribution >= 4 is 46.1 Å². The van der Waals surface area contributed by atoms with Gasteiger partial charge in [-0.15, -0.1) is 0 Å². The molecule has 304 valence electrons. The normalized spacial score (nSPS) is 28.9. The van der Waals surface area contributed by atoms with Gasteiger partial charge in [-0.1, -0.05) is 53.9 Å². The SMILES string of the molecule is CC(C)CCC[C@@H](C)C1CCC2C(C/C=N/Nc3ccc([N+](=O)[O-])cc3[N+](=O)[O-])C([C@@]3(C)CC[C@H](O)C/C3=N\Nc3ccc([N+](=O)[O-])cc3[N+](=O)[O-])CC[C@@]21C. The molecule has 17 heteroatoms. The molecule has 2 aromatic carbocycles. The van der Waals surface area contributed by atoms with E-state index in [0.717, 1.165) is 37.8 Å². The Labute approximate surface area is 326 Å². The molecule has 0 bridgehead atoms. The number of aliphatic hydroxyl groups excluding tert-OH is 1. The minimum atomic E-state index is -0.694. The predicted octanol–water partition coefficient (Wildman–Crippen LogP) is 9.65. The zero-order valence-corrected chi connectivity index (χ0v) is 32.8. The summed E-state index contributed by atoms with van der Waals surface area (Å²) in [5, 5.41) is 66.3. The van der Waals surface area contributed by atoms with Crippen LogP contribution in [0.25, 0.3) is 0 Å². The first-order chi connectivity index (χ1) is 26.5. The lowest BCUT2D eigenvalue weighted by atomic mass is 9.49. The molecule has 0 radical (unpaired) electrons. The monoisotopic (exact) mass is 778 g/mol. The summed E-state index contributed by atoms with van der Waals surface area (Å²) in [5.74, 6) is 2.26. The molecule has 4 unspecified atom stereocenters. The van der Waals surface area contributed by atoms with E-state index in [1.54, 1.807) is 6.21 Å². The number of benzene rings is 2. The Morgan fingerprint density at radius 3 is 1.98 bits per heavy atom. The minimum Gasteiger partial charge on any atom is -0.393 e. The van der Waals surface area contributed by atoms with Gasteiger partial charge in [-0.2, -0.15) is 10.2 Å². The Balaban J connectivity index is 1.48. The third kappa shape index (κ3) is 8.98. The molecule has 17 nitrogen and oxygen atoms in total. The van der Waals surface area contributed by atoms with E-state index in [4.69, 9.17) is 5.10 Å². The second kappa shape index (κ2) is 17.4. The topological polar surface area (TPSA) is 242 Å². The molecule has 5 rings (SSSR count). The molecular formula is C39H54N8O9. The number of nitrogens with zero attached hydrogens (tertiary/aromatic N) is 6. The molecule has 2 aromatic rings. The second-order valence-electron chi connectivity index (χ2n) is 17.0. The summed E-state index contributed by atoms with van der Waals surface area (Å²) in [6.45, 7) is 11.5. The van der Waals surface area contributed by atoms with Crippen molar-refractivity contribution in [3.8, 4) is 0 Å². The highest BCUT2D eigenvalue weighted by Gasteiger charge is 2.58. The van der Waals surface area contributed by atoms with E-state index >= 15 is 0 Å². The highest BCUT2D eigenvalue weighted by atomic mass is 16.6. The van der Waals surface area contributed by atoms with Gasteiger partial charge in [-0.25, -0.2) is 0 Å². The fourth-order valence-electron chi connectivity index (χ4n) is 10.3. The van der Waals surface area contributed by atoms with Gasteiger partial charge < -0.3 is 5.11 Å². The molecule has 0 amide bonds. The maximum absolute atomic E-state index is 11.9. The van der Waals surface area contributed by atoms with Gasteiger partial charge in [-0.05, 0) is 98.0 Å². The van der Waals surface area contributed by atoms with Gasteiger partial charge in [0.1, 0.15) is 11.4 Å². The number of hydrogen-bond donors (Lipinski definition) is 3. The molecule has 0 saturated heterocycles. The van der Waals surface area contributed by atoms with Crippen molar-refractivity contribution in [3.63, 3.8) is 0 Å². The number of non-ortho nitro benzene ring substituents is 2. The van der Waals surface area contributed by atoms with Crippen molar-refractivity contribution in [3.05, 3.63) is 76.9 Å². The van der Waals surface area contributed by atoms with Crippen molar-refractivity contribution in [1.82, 2.24) is 0 Å². The van der Waals surface area contributed by atoms with Crippen LogP contribution in [-0.2, 0) is 0 Å². The van der Waals surface area contributed by atoms with E-state index in [9.17, 15) is 45.6 Å². The van der Waals surface area contributed by atoms with E-state index < -0.39 is 54.0 Å². The number of anilines is 2. The zero-order valence-electron chi connectivity index (χ0n) is 32.8. The lowest BCUT2D eigenvalue weighted by molar-refractivity contribution is -0.393. The molecule has 3 aliphatic carbocycles. The highest BCUT2D eigenvalue weighted by molar-refractivity contribution is 5.92. The smallest absolute Gasteiger partial charge is 0.301 e. The maximum Gasteiger partial charge on any atom is 0.301 e. The number of fused-ring (bicyclic) bond motifs is 1. The van der Waals surface area contributed by atoms with Gasteiger partial charge in [0, 0.05) is 35.9 Å². The van der Waals surface area contributed by atoms with Crippen LogP contribution in [0, 0.1) is 86.8 Å². The van der Waals surface area contributed by atoms with E-state index in [2.05, 4.69) is 50.6 Å². The van der Waals surface area contributed by atoms with Gasteiger partial charge in [-0.3, -0.25) is 51.3 Å². The first-order valence-electron chi connectivity index (χ1n) is 19.6. The maximum atomic E-state index is 11.9. The molecule has 3 fully saturated rings. The van der Waals surface area contributed by atoms with Crippen LogP contribution in [0.4, 0.5) is 34.1 Å². The Morgan fingerprint density at radius 1 is 0.804 bits per heavy atom. The summed E-state index contributed by atoms with van der Waals surface area (Å²) in [5.41, 5.74) is 4.10. The van der Waals surface area contributed by atoms with E-state index in [1.165, 1.54) is 43.5 Å². The van der Waals surface area contributed by atoms with Crippen molar-refractivity contribution in [1.29, 1.82) is 0 Å². The van der Waals surface area contributed by atoms with Crippen LogP contribution >= 0.6 is 0 Å². The molecule has 56 heavy (non-hydrogen) atoms. The first kappa shape index (κ1) is 42.1. The van der Waals surface area contributed by atoms with Crippen LogP contribution in [-0.4, -0.2) is 42.8 Å². The summed E-state index contributed by atoms with van der Waals surface area (Å²) in [4.78, 5) is 43.5. The second-order valence-corrected chi connectivity index (χ2v) is 17.0. The van der Waals surface area contributed by atoms with Crippen LogP contribution in [0.5, 0.6) is 0 Å². The first-order valence-corrected chi connectivity index (χ1v) is 19.6. The molecule has 3 aliphatic rings. The van der Waals surface area contributed by atoms with Crippen molar-refractivity contribution < 1.29 is 24.8 Å². The molecule has 3 saturated carbocycles. The van der Waals surface area contributed by atoms with Crippen LogP contribution in [0.15, 0.2) is 46.6 Å². The Bertz CT molecular complexity index is 1870. The van der Waals surface area contributed by atoms with Crippen molar-refractivity contribution in [2.75, 3.05) is 10.9 Å². The summed E-state index contributed by atoms with van der Waals surface area (Å²) in [6.07, 6.45) is 10.6. The van der Waals surface area contributed by atoms with Crippen LogP contribution in [0.1, 0.15) is 105 Å². The number of nitro groups is 4. The zero-order chi connectivity index (χ0) is 40.9. The van der Waals surface area contributed by atoms with Crippen LogP contribution in [0.2, 0.25) is 0 Å². The van der Waals surface area contributed by atoms with Gasteiger partial charge in [0.2, 0.25) is 0 Å². The molecule has 0 spiro atoms. The van der Waals surface area contributed by atoms with Gasteiger partial charge in [0.05, 0.1) is 37.9 Å². The number of nitro benzene ring substituents is 4. The Kier molecular flexibility index (Phi) is 13.1. The van der Waals surface area contributed by atoms with Crippen molar-refractivity contribution in [2.24, 2.45) is 56.5 Å². The Morgan fingerprint density at radius 2 is 1.41 bits per heavy atom. The fraction of sp³-hybridized carbons (Fsp3) is 0.641. The average molecular weight is 779 g/mol. The lowest BCUT2D eigenvalue weighted by Gasteiger charge is -2.55. The summed E-state index contributed by atoms with van der Waals surface area (Å²) >= 11 is 0.